The fraction of sp³-hybridized carbons (Fsp3) is 0.812. The summed E-state index contributed by atoms with van der Waals surface area (Å²) in [4.78, 5) is 6.47. The molecule has 0 aromatic rings. The molecule has 0 saturated carbocycles. The van der Waals surface area contributed by atoms with Gasteiger partial charge in [0.2, 0.25) is 0 Å². The van der Waals surface area contributed by atoms with Crippen LogP contribution >= 0.6 is 9.24 Å². The Morgan fingerprint density at radius 3 is 2.43 bits per heavy atom. The zero-order valence-electron chi connectivity index (χ0n) is 13.9. The maximum Gasteiger partial charge on any atom is 0.285 e. The minimum absolute atomic E-state index is 0.0192. The number of nitrogens with zero attached hydrogens (tertiary/aromatic N) is 2. The van der Waals surface area contributed by atoms with Crippen LogP contribution in [0.1, 0.15) is 53.4 Å². The van der Waals surface area contributed by atoms with E-state index in [1.54, 1.807) is 9.24 Å². The largest absolute Gasteiger partial charge is 0.285 e. The lowest BCUT2D eigenvalue weighted by Gasteiger charge is -2.21. The molecule has 0 rings (SSSR count). The standard InChI is InChI=1S/C16H31F2N2P/c1-5-7-10-20(11-9-14(3)4)13-19-12-15(8-6-2)16(17,18)21/h8,12,14H,5-7,9-11,13,21H2,1-4H3/b15-8+,19-12-. The van der Waals surface area contributed by atoms with Crippen molar-refractivity contribution in [2.45, 2.75) is 59.0 Å². The fourth-order valence-electron chi connectivity index (χ4n) is 1.83. The minimum Gasteiger partial charge on any atom is -0.284 e. The van der Waals surface area contributed by atoms with Crippen LogP contribution in [0.2, 0.25) is 0 Å². The van der Waals surface area contributed by atoms with Gasteiger partial charge in [0.15, 0.2) is 0 Å². The van der Waals surface area contributed by atoms with Crippen LogP contribution in [0.5, 0.6) is 0 Å². The van der Waals surface area contributed by atoms with E-state index in [0.717, 1.165) is 32.4 Å². The van der Waals surface area contributed by atoms with Crippen LogP contribution in [0, 0.1) is 5.92 Å². The Morgan fingerprint density at radius 1 is 1.29 bits per heavy atom. The van der Waals surface area contributed by atoms with Crippen molar-refractivity contribution in [3.63, 3.8) is 0 Å². The minimum atomic E-state index is -2.90. The molecule has 21 heavy (non-hydrogen) atoms. The molecule has 0 aromatic carbocycles. The molecule has 0 aromatic heterocycles. The topological polar surface area (TPSA) is 15.6 Å². The van der Waals surface area contributed by atoms with Crippen molar-refractivity contribution in [2.24, 2.45) is 10.9 Å². The first-order valence-electron chi connectivity index (χ1n) is 7.90. The van der Waals surface area contributed by atoms with Gasteiger partial charge in [-0.25, -0.2) is 0 Å². The maximum atomic E-state index is 13.3. The highest BCUT2D eigenvalue weighted by Gasteiger charge is 2.25. The second kappa shape index (κ2) is 11.3. The summed E-state index contributed by atoms with van der Waals surface area (Å²) in [6.45, 7) is 10.8. The lowest BCUT2D eigenvalue weighted by Crippen LogP contribution is -2.27. The average Bonchev–Trinajstić information content (AvgIpc) is 2.38. The zero-order valence-corrected chi connectivity index (χ0v) is 15.1. The van der Waals surface area contributed by atoms with Crippen LogP contribution in [0.4, 0.5) is 8.78 Å². The van der Waals surface area contributed by atoms with E-state index in [1.807, 2.05) is 6.92 Å². The van der Waals surface area contributed by atoms with Gasteiger partial charge in [-0.15, -0.1) is 0 Å². The van der Waals surface area contributed by atoms with Gasteiger partial charge >= 0.3 is 0 Å². The summed E-state index contributed by atoms with van der Waals surface area (Å²) in [5.74, 6) is 0.644. The molecule has 1 atom stereocenters. The van der Waals surface area contributed by atoms with E-state index in [-0.39, 0.29) is 5.57 Å². The Hall–Kier alpha value is -0.340. The van der Waals surface area contributed by atoms with Gasteiger partial charge in [0.25, 0.3) is 5.66 Å². The summed E-state index contributed by atoms with van der Waals surface area (Å²) in [7, 11) is 1.58. The van der Waals surface area contributed by atoms with Crippen molar-refractivity contribution in [3.05, 3.63) is 11.6 Å². The molecule has 0 heterocycles. The Bertz CT molecular complexity index is 323. The monoisotopic (exact) mass is 320 g/mol. The number of aliphatic imine (C=N–C) groups is 1. The number of hydrogen-bond acceptors (Lipinski definition) is 2. The molecule has 0 amide bonds. The summed E-state index contributed by atoms with van der Waals surface area (Å²) < 4.78 is 26.7. The van der Waals surface area contributed by atoms with Gasteiger partial charge in [0, 0.05) is 18.3 Å². The van der Waals surface area contributed by atoms with E-state index in [2.05, 4.69) is 30.7 Å². The summed E-state index contributed by atoms with van der Waals surface area (Å²) >= 11 is 0. The Balaban J connectivity index is 4.55. The van der Waals surface area contributed by atoms with Crippen molar-refractivity contribution in [1.29, 1.82) is 0 Å². The predicted octanol–water partition coefficient (Wildman–Crippen LogP) is 4.97. The predicted molar refractivity (Wildman–Crippen MR) is 92.3 cm³/mol. The third kappa shape index (κ3) is 11.0. The zero-order chi connectivity index (χ0) is 16.3. The summed E-state index contributed by atoms with van der Waals surface area (Å²) in [6.07, 6.45) is 6.79. The number of alkyl halides is 2. The molecule has 0 aliphatic rings. The normalized spacial score (nSPS) is 13.9. The summed E-state index contributed by atoms with van der Waals surface area (Å²) in [5, 5.41) is 0. The van der Waals surface area contributed by atoms with Crippen LogP contribution in [0.3, 0.4) is 0 Å². The van der Waals surface area contributed by atoms with Crippen LogP contribution < -0.4 is 0 Å². The van der Waals surface area contributed by atoms with E-state index in [1.165, 1.54) is 12.3 Å². The summed E-state index contributed by atoms with van der Waals surface area (Å²) in [6, 6.07) is 0. The van der Waals surface area contributed by atoms with Crippen molar-refractivity contribution >= 4 is 15.5 Å². The second-order valence-electron chi connectivity index (χ2n) is 5.80. The van der Waals surface area contributed by atoms with Crippen LogP contribution in [0.25, 0.3) is 0 Å². The molecule has 5 heteroatoms. The molecule has 0 N–H and O–H groups in total. The van der Waals surface area contributed by atoms with E-state index in [4.69, 9.17) is 0 Å². The van der Waals surface area contributed by atoms with Crippen molar-refractivity contribution in [3.8, 4) is 0 Å². The maximum absolute atomic E-state index is 13.3. The Kier molecular flexibility index (Phi) is 11.1. The first-order valence-corrected chi connectivity index (χ1v) is 8.48. The van der Waals surface area contributed by atoms with Gasteiger partial charge in [0.05, 0.1) is 6.67 Å². The molecule has 0 radical (unpaired) electrons. The summed E-state index contributed by atoms with van der Waals surface area (Å²) in [5.41, 5.74) is -2.92. The van der Waals surface area contributed by atoms with Gasteiger partial charge in [-0.3, -0.25) is 9.89 Å². The quantitative estimate of drug-likeness (QED) is 0.388. The van der Waals surface area contributed by atoms with Crippen LogP contribution in [-0.2, 0) is 0 Å². The number of unbranched alkanes of at least 4 members (excludes halogenated alkanes) is 1. The molecule has 124 valence electrons. The molecule has 1 unspecified atom stereocenters. The molecule has 0 fully saturated rings. The van der Waals surface area contributed by atoms with Crippen molar-refractivity contribution < 1.29 is 8.78 Å². The van der Waals surface area contributed by atoms with Gasteiger partial charge in [-0.1, -0.05) is 49.4 Å². The molecule has 0 bridgehead atoms. The smallest absolute Gasteiger partial charge is 0.284 e. The Labute approximate surface area is 131 Å². The lowest BCUT2D eigenvalue weighted by atomic mass is 10.1. The molecule has 2 nitrogen and oxygen atoms in total. The first-order chi connectivity index (χ1) is 9.81. The third-order valence-electron chi connectivity index (χ3n) is 3.17. The number of halogens is 2. The third-order valence-corrected chi connectivity index (χ3v) is 3.50. The number of rotatable bonds is 11. The van der Waals surface area contributed by atoms with E-state index in [9.17, 15) is 8.78 Å². The lowest BCUT2D eigenvalue weighted by molar-refractivity contribution is 0.154. The molecular weight excluding hydrogens is 289 g/mol. The first kappa shape index (κ1) is 20.7. The van der Waals surface area contributed by atoms with Crippen LogP contribution in [0.15, 0.2) is 16.6 Å². The average molecular weight is 320 g/mol. The van der Waals surface area contributed by atoms with E-state index >= 15 is 0 Å². The van der Waals surface area contributed by atoms with Gasteiger partial charge in [-0.2, -0.15) is 8.78 Å². The fourth-order valence-corrected chi connectivity index (χ4v) is 2.02. The van der Waals surface area contributed by atoms with Gasteiger partial charge < -0.3 is 0 Å². The van der Waals surface area contributed by atoms with E-state index in [0.29, 0.717) is 19.0 Å². The second-order valence-corrected chi connectivity index (χ2v) is 6.52. The molecule has 0 aliphatic carbocycles. The molecule has 0 aliphatic heterocycles. The SMILES string of the molecule is CC/C=C(\C=N/CN(CCCC)CCC(C)C)C(F)(F)P. The highest BCUT2D eigenvalue weighted by Crippen LogP contribution is 2.30. The number of hydrogen-bond donors (Lipinski definition) is 0. The molecule has 0 saturated heterocycles. The highest BCUT2D eigenvalue weighted by atomic mass is 31.0. The van der Waals surface area contributed by atoms with Crippen molar-refractivity contribution in [2.75, 3.05) is 19.8 Å². The highest BCUT2D eigenvalue weighted by molar-refractivity contribution is 7.18. The molecule has 0 spiro atoms. The molecular formula is C16H31F2N2P. The van der Waals surface area contributed by atoms with Gasteiger partial charge in [0.1, 0.15) is 0 Å². The van der Waals surface area contributed by atoms with Gasteiger partial charge in [-0.05, 0) is 31.7 Å². The Morgan fingerprint density at radius 2 is 1.95 bits per heavy atom. The van der Waals surface area contributed by atoms with Crippen LogP contribution in [-0.4, -0.2) is 36.5 Å². The number of allylic oxidation sites excluding steroid dienone is 2. The van der Waals surface area contributed by atoms with Crippen molar-refractivity contribution in [1.82, 2.24) is 4.90 Å². The van der Waals surface area contributed by atoms with E-state index < -0.39 is 5.66 Å².